The van der Waals surface area contributed by atoms with Crippen LogP contribution >= 0.6 is 0 Å². The second kappa shape index (κ2) is 6.56. The zero-order valence-electron chi connectivity index (χ0n) is 15.5. The summed E-state index contributed by atoms with van der Waals surface area (Å²) >= 11 is 0. The molecule has 3 aromatic rings. The quantitative estimate of drug-likeness (QED) is 0.704. The van der Waals surface area contributed by atoms with Crippen molar-refractivity contribution in [2.45, 2.75) is 46.1 Å². The smallest absolute Gasteiger partial charge is 0.255 e. The Balaban J connectivity index is 1.77. The van der Waals surface area contributed by atoms with Crippen LogP contribution in [0, 0.1) is 13.8 Å². The van der Waals surface area contributed by atoms with Crippen LogP contribution in [0.5, 0.6) is 0 Å². The number of amides is 1. The molecule has 0 N–H and O–H groups in total. The Morgan fingerprint density at radius 1 is 1.23 bits per heavy atom. The lowest BCUT2D eigenvalue weighted by atomic mass is 10.0. The van der Waals surface area contributed by atoms with Crippen molar-refractivity contribution in [3.8, 4) is 0 Å². The van der Waals surface area contributed by atoms with Crippen molar-refractivity contribution in [3.63, 3.8) is 0 Å². The third-order valence-electron chi connectivity index (χ3n) is 5.13. The van der Waals surface area contributed by atoms with Crippen molar-refractivity contribution >= 4 is 16.8 Å². The second-order valence-corrected chi connectivity index (χ2v) is 7.04. The molecule has 1 aromatic carbocycles. The highest BCUT2D eigenvalue weighted by Gasteiger charge is 2.34. The molecule has 4 rings (SSSR count). The number of aryl methyl sites for hydroxylation is 3. The summed E-state index contributed by atoms with van der Waals surface area (Å²) in [6.07, 6.45) is 2.81. The minimum Gasteiger partial charge on any atom is -0.359 e. The molecular weight excluding hydrogens is 326 g/mol. The molecule has 1 aliphatic heterocycles. The molecule has 1 amide bonds. The van der Waals surface area contributed by atoms with E-state index in [0.29, 0.717) is 0 Å². The largest absolute Gasteiger partial charge is 0.359 e. The van der Waals surface area contributed by atoms with E-state index >= 15 is 0 Å². The minimum atomic E-state index is -0.0402. The van der Waals surface area contributed by atoms with Crippen molar-refractivity contribution in [3.05, 3.63) is 58.6 Å². The van der Waals surface area contributed by atoms with Crippen LogP contribution in [-0.2, 0) is 6.42 Å². The van der Waals surface area contributed by atoms with E-state index < -0.39 is 0 Å². The van der Waals surface area contributed by atoms with Crippen LogP contribution in [0.25, 0.3) is 10.9 Å². The number of benzene rings is 1. The molecule has 1 unspecified atom stereocenters. The summed E-state index contributed by atoms with van der Waals surface area (Å²) < 4.78 is 5.46. The molecule has 0 saturated carbocycles. The molecule has 5 nitrogen and oxygen atoms in total. The van der Waals surface area contributed by atoms with E-state index in [4.69, 9.17) is 4.52 Å². The monoisotopic (exact) mass is 349 g/mol. The predicted octanol–water partition coefficient (Wildman–Crippen LogP) is 4.38. The van der Waals surface area contributed by atoms with Gasteiger partial charge in [-0.3, -0.25) is 9.78 Å². The van der Waals surface area contributed by atoms with Gasteiger partial charge in [-0.1, -0.05) is 18.1 Å². The SMILES string of the molecule is CCc1ccc2nc(C)cc(C(=O)N3CCCC3c3cc(C)no3)c2c1. The van der Waals surface area contributed by atoms with E-state index in [9.17, 15) is 4.79 Å². The number of hydrogen-bond acceptors (Lipinski definition) is 4. The second-order valence-electron chi connectivity index (χ2n) is 7.04. The number of likely N-dealkylation sites (tertiary alicyclic amines) is 1. The number of aromatic nitrogens is 2. The van der Waals surface area contributed by atoms with Gasteiger partial charge in [-0.15, -0.1) is 0 Å². The van der Waals surface area contributed by atoms with Crippen LogP contribution in [-0.4, -0.2) is 27.5 Å². The maximum absolute atomic E-state index is 13.4. The lowest BCUT2D eigenvalue weighted by molar-refractivity contribution is 0.0716. The first-order valence-electron chi connectivity index (χ1n) is 9.21. The highest BCUT2D eigenvalue weighted by atomic mass is 16.5. The first kappa shape index (κ1) is 16.8. The fourth-order valence-electron chi connectivity index (χ4n) is 3.80. The molecule has 0 radical (unpaired) electrons. The van der Waals surface area contributed by atoms with E-state index in [-0.39, 0.29) is 11.9 Å². The molecule has 0 aliphatic carbocycles. The summed E-state index contributed by atoms with van der Waals surface area (Å²) in [5.74, 6) is 0.822. The van der Waals surface area contributed by atoms with Crippen molar-refractivity contribution in [2.24, 2.45) is 0 Å². The standard InChI is InChI=1S/C21H23N3O2/c1-4-15-7-8-18-16(12-15)17(10-13(2)22-18)21(25)24-9-5-6-19(24)20-11-14(3)23-26-20/h7-8,10-12,19H,4-6,9H2,1-3H3. The van der Waals surface area contributed by atoms with Gasteiger partial charge in [0.15, 0.2) is 5.76 Å². The Labute approximate surface area is 153 Å². The lowest BCUT2D eigenvalue weighted by Gasteiger charge is -2.23. The van der Waals surface area contributed by atoms with Gasteiger partial charge in [-0.25, -0.2) is 0 Å². The first-order chi connectivity index (χ1) is 12.6. The van der Waals surface area contributed by atoms with Gasteiger partial charge in [-0.05, 0) is 56.9 Å². The van der Waals surface area contributed by atoms with Crippen LogP contribution in [0.2, 0.25) is 0 Å². The topological polar surface area (TPSA) is 59.2 Å². The first-order valence-corrected chi connectivity index (χ1v) is 9.21. The van der Waals surface area contributed by atoms with Gasteiger partial charge in [-0.2, -0.15) is 0 Å². The van der Waals surface area contributed by atoms with Crippen LogP contribution in [0.4, 0.5) is 0 Å². The maximum atomic E-state index is 13.4. The molecule has 2 aromatic heterocycles. The fourth-order valence-corrected chi connectivity index (χ4v) is 3.80. The molecule has 0 spiro atoms. The molecule has 134 valence electrons. The Morgan fingerprint density at radius 3 is 2.81 bits per heavy atom. The van der Waals surface area contributed by atoms with Gasteiger partial charge < -0.3 is 9.42 Å². The van der Waals surface area contributed by atoms with E-state index in [1.165, 1.54) is 5.56 Å². The molecule has 3 heterocycles. The van der Waals surface area contributed by atoms with E-state index in [1.807, 2.05) is 36.9 Å². The number of hydrogen-bond donors (Lipinski definition) is 0. The van der Waals surface area contributed by atoms with Gasteiger partial charge in [0, 0.05) is 23.7 Å². The number of carbonyl (C=O) groups is 1. The highest BCUT2D eigenvalue weighted by molar-refractivity contribution is 6.06. The van der Waals surface area contributed by atoms with Crippen molar-refractivity contribution < 1.29 is 9.32 Å². The molecule has 1 saturated heterocycles. The van der Waals surface area contributed by atoms with Crippen LogP contribution < -0.4 is 0 Å². The van der Waals surface area contributed by atoms with Crippen molar-refractivity contribution in [1.29, 1.82) is 0 Å². The van der Waals surface area contributed by atoms with Crippen LogP contribution in [0.15, 0.2) is 34.9 Å². The maximum Gasteiger partial charge on any atom is 0.255 e. The van der Waals surface area contributed by atoms with Crippen LogP contribution in [0.3, 0.4) is 0 Å². The Kier molecular flexibility index (Phi) is 4.23. The van der Waals surface area contributed by atoms with Gasteiger partial charge in [0.1, 0.15) is 0 Å². The Hall–Kier alpha value is -2.69. The number of nitrogens with zero attached hydrogens (tertiary/aromatic N) is 3. The summed E-state index contributed by atoms with van der Waals surface area (Å²) in [6.45, 7) is 6.69. The highest BCUT2D eigenvalue weighted by Crippen LogP contribution is 2.34. The average molecular weight is 349 g/mol. The summed E-state index contributed by atoms with van der Waals surface area (Å²) in [7, 11) is 0. The zero-order chi connectivity index (χ0) is 18.3. The van der Waals surface area contributed by atoms with E-state index in [0.717, 1.165) is 59.4 Å². The number of pyridine rings is 1. The van der Waals surface area contributed by atoms with E-state index in [2.05, 4.69) is 29.2 Å². The predicted molar refractivity (Wildman–Crippen MR) is 100 cm³/mol. The third-order valence-corrected chi connectivity index (χ3v) is 5.13. The summed E-state index contributed by atoms with van der Waals surface area (Å²) in [6, 6.07) is 9.99. The molecule has 1 fully saturated rings. The number of carbonyl (C=O) groups excluding carboxylic acids is 1. The Bertz CT molecular complexity index is 977. The molecule has 1 atom stereocenters. The lowest BCUT2D eigenvalue weighted by Crippen LogP contribution is -2.30. The third kappa shape index (κ3) is 2.87. The van der Waals surface area contributed by atoms with Crippen molar-refractivity contribution in [2.75, 3.05) is 6.54 Å². The Morgan fingerprint density at radius 2 is 2.08 bits per heavy atom. The van der Waals surface area contributed by atoms with Gasteiger partial charge in [0.05, 0.1) is 22.8 Å². The van der Waals surface area contributed by atoms with E-state index in [1.54, 1.807) is 0 Å². The van der Waals surface area contributed by atoms with Gasteiger partial charge >= 0.3 is 0 Å². The molecule has 5 heteroatoms. The molecule has 0 bridgehead atoms. The van der Waals surface area contributed by atoms with Gasteiger partial charge in [0.25, 0.3) is 5.91 Å². The normalized spacial score (nSPS) is 17.2. The summed E-state index contributed by atoms with van der Waals surface area (Å²) in [5, 5.41) is 4.92. The number of fused-ring (bicyclic) bond motifs is 1. The zero-order valence-corrected chi connectivity index (χ0v) is 15.5. The average Bonchev–Trinajstić information content (AvgIpc) is 3.28. The van der Waals surface area contributed by atoms with Crippen LogP contribution in [0.1, 0.15) is 58.9 Å². The summed E-state index contributed by atoms with van der Waals surface area (Å²) in [4.78, 5) is 20.0. The minimum absolute atomic E-state index is 0.0402. The summed E-state index contributed by atoms with van der Waals surface area (Å²) in [5.41, 5.74) is 4.51. The fraction of sp³-hybridized carbons (Fsp3) is 0.381. The van der Waals surface area contributed by atoms with Gasteiger partial charge in [0.2, 0.25) is 0 Å². The van der Waals surface area contributed by atoms with Crippen molar-refractivity contribution in [1.82, 2.24) is 15.0 Å². The molecule has 26 heavy (non-hydrogen) atoms. The molecule has 1 aliphatic rings. The molecular formula is C21H23N3O2. The number of rotatable bonds is 3.